The van der Waals surface area contributed by atoms with E-state index >= 15 is 0 Å². The van der Waals surface area contributed by atoms with Crippen molar-refractivity contribution in [1.82, 2.24) is 4.98 Å². The molecule has 154 valence electrons. The fourth-order valence-corrected chi connectivity index (χ4v) is 3.24. The number of carbonyl (C=O) groups excluding carboxylic acids is 1. The summed E-state index contributed by atoms with van der Waals surface area (Å²) in [4.78, 5) is 33.4. The van der Waals surface area contributed by atoms with Crippen molar-refractivity contribution >= 4 is 29.0 Å². The Morgan fingerprint density at radius 2 is 1.60 bits per heavy atom. The first-order chi connectivity index (χ1) is 14.5. The number of carbonyl (C=O) groups is 2. The fourth-order valence-electron chi connectivity index (χ4n) is 2.64. The highest BCUT2D eigenvalue weighted by Crippen LogP contribution is 2.26. The maximum absolute atomic E-state index is 12.6. The zero-order chi connectivity index (χ0) is 21.5. The van der Waals surface area contributed by atoms with Crippen LogP contribution in [0.1, 0.15) is 34.9 Å². The first kappa shape index (κ1) is 21.2. The van der Waals surface area contributed by atoms with Crippen LogP contribution >= 0.6 is 11.3 Å². The number of thiazole rings is 1. The number of carboxylic acid groups (broad SMARTS) is 1. The molecule has 1 N–H and O–H groups in total. The summed E-state index contributed by atoms with van der Waals surface area (Å²) in [5, 5.41) is 15.3. The zero-order valence-corrected chi connectivity index (χ0v) is 17.2. The predicted octanol–water partition coefficient (Wildman–Crippen LogP) is 3.98. The smallest absolute Gasteiger partial charge is 0.360 e. The normalized spacial score (nSPS) is 12.4. The predicted molar refractivity (Wildman–Crippen MR) is 112 cm³/mol. The lowest BCUT2D eigenvalue weighted by molar-refractivity contribution is -0.160. The number of hydrogen-bond acceptors (Lipinski definition) is 7. The molecule has 2 aromatic carbocycles. The van der Waals surface area contributed by atoms with Crippen LogP contribution in [-0.2, 0) is 19.2 Å². The summed E-state index contributed by atoms with van der Waals surface area (Å²) in [6, 6.07) is 18.6. The van der Waals surface area contributed by atoms with Crippen molar-refractivity contribution in [2.45, 2.75) is 26.1 Å². The molecular weight excluding hydrogens is 404 g/mol. The minimum Gasteiger partial charge on any atom is -0.476 e. The quantitative estimate of drug-likeness (QED) is 0.334. The van der Waals surface area contributed by atoms with Gasteiger partial charge in [-0.25, -0.2) is 14.6 Å². The number of carboxylic acids is 1. The van der Waals surface area contributed by atoms with Gasteiger partial charge in [0.2, 0.25) is 11.8 Å². The van der Waals surface area contributed by atoms with E-state index in [1.807, 2.05) is 60.7 Å². The van der Waals surface area contributed by atoms with Crippen molar-refractivity contribution in [3.63, 3.8) is 0 Å². The minimum absolute atomic E-state index is 0.178. The average molecular weight is 424 g/mol. The Morgan fingerprint density at radius 3 is 2.07 bits per heavy atom. The van der Waals surface area contributed by atoms with Gasteiger partial charge in [-0.2, -0.15) is 0 Å². The van der Waals surface area contributed by atoms with Crippen molar-refractivity contribution < 1.29 is 24.3 Å². The molecule has 0 aliphatic carbocycles. The Kier molecular flexibility index (Phi) is 6.92. The van der Waals surface area contributed by atoms with Crippen molar-refractivity contribution in [3.8, 4) is 0 Å². The number of aromatic nitrogens is 1. The van der Waals surface area contributed by atoms with Gasteiger partial charge in [0.25, 0.3) is 0 Å². The van der Waals surface area contributed by atoms with E-state index < -0.39 is 24.1 Å². The summed E-state index contributed by atoms with van der Waals surface area (Å²) in [6.07, 6.45) is -1.75. The molecule has 0 unspecified atom stereocenters. The second kappa shape index (κ2) is 9.80. The highest BCUT2D eigenvalue weighted by Gasteiger charge is 2.25. The molecule has 0 aliphatic rings. The third-order valence-electron chi connectivity index (χ3n) is 4.14. The monoisotopic (exact) mass is 424 g/mol. The van der Waals surface area contributed by atoms with Gasteiger partial charge in [0.05, 0.1) is 5.01 Å². The third-order valence-corrected chi connectivity index (χ3v) is 4.91. The lowest BCUT2D eigenvalue weighted by Crippen LogP contribution is -2.25. The van der Waals surface area contributed by atoms with Gasteiger partial charge in [-0.15, -0.1) is 11.3 Å². The number of aliphatic carboxylic acids is 1. The second-order valence-corrected chi connectivity index (χ2v) is 7.44. The molecule has 1 atom stereocenters. The molecule has 3 rings (SSSR count). The number of benzene rings is 2. The molecule has 1 heterocycles. The Bertz CT molecular complexity index is 994. The summed E-state index contributed by atoms with van der Waals surface area (Å²) < 4.78 is 5.69. The topological polar surface area (TPSA) is 98.1 Å². The molecule has 0 fully saturated rings. The number of hydrogen-bond donors (Lipinski definition) is 1. The molecule has 30 heavy (non-hydrogen) atoms. The molecular formula is C22H20N2O5S. The molecule has 3 aromatic rings. The maximum Gasteiger partial charge on any atom is 0.360 e. The van der Waals surface area contributed by atoms with Crippen LogP contribution < -0.4 is 0 Å². The van der Waals surface area contributed by atoms with E-state index in [1.165, 1.54) is 18.3 Å². The molecule has 0 aliphatic heterocycles. The number of rotatable bonds is 8. The van der Waals surface area contributed by atoms with Crippen LogP contribution in [-0.4, -0.2) is 33.8 Å². The van der Waals surface area contributed by atoms with E-state index in [1.54, 1.807) is 12.3 Å². The van der Waals surface area contributed by atoms with Crippen molar-refractivity contribution in [2.24, 2.45) is 5.16 Å². The molecule has 7 nitrogen and oxygen atoms in total. The number of nitrogens with zero attached hydrogens (tertiary/aromatic N) is 2. The van der Waals surface area contributed by atoms with Crippen LogP contribution in [0.15, 0.2) is 71.2 Å². The summed E-state index contributed by atoms with van der Waals surface area (Å²) in [5.74, 6) is -1.97. The van der Waals surface area contributed by atoms with Crippen LogP contribution in [0.5, 0.6) is 0 Å². The SMILES string of the molecule is Cc1nc(/C(=N/O[C@@H](C)C(=O)OC(c2ccccc2)c2ccccc2)C(=O)O)cs1. The van der Waals surface area contributed by atoms with Gasteiger partial charge in [-0.3, -0.25) is 0 Å². The van der Waals surface area contributed by atoms with Crippen LogP contribution in [0.2, 0.25) is 0 Å². The Morgan fingerprint density at radius 1 is 1.03 bits per heavy atom. The molecule has 0 spiro atoms. The highest BCUT2D eigenvalue weighted by atomic mass is 32.1. The van der Waals surface area contributed by atoms with Crippen LogP contribution in [0.25, 0.3) is 0 Å². The maximum atomic E-state index is 12.6. The Labute approximate surface area is 177 Å². The molecule has 0 bridgehead atoms. The Balaban J connectivity index is 1.76. The first-order valence-electron chi connectivity index (χ1n) is 9.15. The van der Waals surface area contributed by atoms with Gasteiger partial charge in [-0.1, -0.05) is 65.8 Å². The lowest BCUT2D eigenvalue weighted by Gasteiger charge is -2.20. The number of oxime groups is 1. The van der Waals surface area contributed by atoms with Gasteiger partial charge in [-0.05, 0) is 25.0 Å². The van der Waals surface area contributed by atoms with Crippen molar-refractivity contribution in [1.29, 1.82) is 0 Å². The molecule has 0 saturated heterocycles. The molecule has 0 saturated carbocycles. The van der Waals surface area contributed by atoms with Crippen LogP contribution in [0.4, 0.5) is 0 Å². The Hall–Kier alpha value is -3.52. The van der Waals surface area contributed by atoms with E-state index in [-0.39, 0.29) is 11.4 Å². The highest BCUT2D eigenvalue weighted by molar-refractivity contribution is 7.09. The first-order valence-corrected chi connectivity index (χ1v) is 10.0. The molecule has 0 radical (unpaired) electrons. The summed E-state index contributed by atoms with van der Waals surface area (Å²) in [6.45, 7) is 3.20. The van der Waals surface area contributed by atoms with Crippen LogP contribution in [0, 0.1) is 6.92 Å². The summed E-state index contributed by atoms with van der Waals surface area (Å²) >= 11 is 1.29. The van der Waals surface area contributed by atoms with E-state index in [0.29, 0.717) is 5.01 Å². The molecule has 0 amide bonds. The number of esters is 1. The number of ether oxygens (including phenoxy) is 1. The van der Waals surface area contributed by atoms with Gasteiger partial charge >= 0.3 is 11.9 Å². The second-order valence-electron chi connectivity index (χ2n) is 6.38. The summed E-state index contributed by atoms with van der Waals surface area (Å²) in [5.41, 5.74) is 1.41. The average Bonchev–Trinajstić information content (AvgIpc) is 3.18. The fraction of sp³-hybridized carbons (Fsp3) is 0.182. The zero-order valence-electron chi connectivity index (χ0n) is 16.4. The van der Waals surface area contributed by atoms with Crippen molar-refractivity contribution in [2.75, 3.05) is 0 Å². The van der Waals surface area contributed by atoms with Gasteiger partial charge in [0.15, 0.2) is 6.10 Å². The standard InChI is InChI=1S/C22H20N2O5S/c1-14(29-24-19(21(25)26)18-13-30-15(2)23-18)22(27)28-20(16-9-5-3-6-10-16)17-11-7-4-8-12-17/h3-14,20H,1-2H3,(H,25,26)/b24-19-/t14-/m0/s1. The van der Waals surface area contributed by atoms with Gasteiger partial charge < -0.3 is 14.7 Å². The molecule has 8 heteroatoms. The number of aryl methyl sites for hydroxylation is 1. The lowest BCUT2D eigenvalue weighted by atomic mass is 10.0. The molecule has 1 aromatic heterocycles. The van der Waals surface area contributed by atoms with E-state index in [9.17, 15) is 14.7 Å². The van der Waals surface area contributed by atoms with E-state index in [4.69, 9.17) is 9.57 Å². The van der Waals surface area contributed by atoms with E-state index in [0.717, 1.165) is 11.1 Å². The van der Waals surface area contributed by atoms with Gasteiger partial charge in [0.1, 0.15) is 5.69 Å². The van der Waals surface area contributed by atoms with Crippen LogP contribution in [0.3, 0.4) is 0 Å². The third kappa shape index (κ3) is 5.30. The van der Waals surface area contributed by atoms with Gasteiger partial charge in [0, 0.05) is 5.38 Å². The summed E-state index contributed by atoms with van der Waals surface area (Å²) in [7, 11) is 0. The van der Waals surface area contributed by atoms with Crippen molar-refractivity contribution in [3.05, 3.63) is 87.9 Å². The largest absolute Gasteiger partial charge is 0.476 e. The van der Waals surface area contributed by atoms with E-state index in [2.05, 4.69) is 10.1 Å². The minimum atomic E-state index is -1.30.